The molecular formula is C20H25N3O5S. The summed E-state index contributed by atoms with van der Waals surface area (Å²) < 4.78 is 32.3. The highest BCUT2D eigenvalue weighted by Crippen LogP contribution is 2.35. The molecule has 8 nitrogen and oxygen atoms in total. The first-order valence-corrected chi connectivity index (χ1v) is 10.9. The summed E-state index contributed by atoms with van der Waals surface area (Å²) in [7, 11) is -3.57. The molecule has 0 atom stereocenters. The maximum absolute atomic E-state index is 12.9. The van der Waals surface area contributed by atoms with Crippen LogP contribution in [0.2, 0.25) is 0 Å². The topological polar surface area (TPSA) is 109 Å². The summed E-state index contributed by atoms with van der Waals surface area (Å²) in [5.74, 6) is -0.298. The standard InChI is InChI=1S/C20H25N3O5S/c1-20(2,3)14-10-12-23(13-11-14)29(26,27)16-6-4-15(5-7-16)21-19(24)17-8-9-18(22-25)28-17/h4-9,14H,10-13H2,1-3H3,(H,21,24). The molecule has 0 saturated carbocycles. The summed E-state index contributed by atoms with van der Waals surface area (Å²) in [5.41, 5.74) is 0.587. The lowest BCUT2D eigenvalue weighted by molar-refractivity contribution is 0.0997. The molecule has 1 amide bonds. The monoisotopic (exact) mass is 419 g/mol. The number of piperidine rings is 1. The SMILES string of the molecule is CC(C)(C)C1CCN(S(=O)(=O)c2ccc(NC(=O)c3ccc(N=O)o3)cc2)CC1. The Bertz CT molecular complexity index is 982. The van der Waals surface area contributed by atoms with Gasteiger partial charge in [-0.15, -0.1) is 4.91 Å². The van der Waals surface area contributed by atoms with Crippen LogP contribution in [-0.2, 0) is 10.0 Å². The number of nitroso groups, excluding NO2 is 1. The van der Waals surface area contributed by atoms with E-state index in [2.05, 4.69) is 31.3 Å². The van der Waals surface area contributed by atoms with E-state index in [0.717, 1.165) is 12.8 Å². The maximum atomic E-state index is 12.9. The fourth-order valence-electron chi connectivity index (χ4n) is 3.51. The molecule has 0 unspecified atom stereocenters. The van der Waals surface area contributed by atoms with Gasteiger partial charge in [0.15, 0.2) is 5.76 Å². The zero-order valence-electron chi connectivity index (χ0n) is 16.7. The van der Waals surface area contributed by atoms with E-state index in [0.29, 0.717) is 24.7 Å². The van der Waals surface area contributed by atoms with Gasteiger partial charge in [-0.2, -0.15) is 4.31 Å². The lowest BCUT2D eigenvalue weighted by Crippen LogP contribution is -2.41. The fourth-order valence-corrected chi connectivity index (χ4v) is 4.98. The van der Waals surface area contributed by atoms with Gasteiger partial charge >= 0.3 is 0 Å². The van der Waals surface area contributed by atoms with Crippen LogP contribution in [0.25, 0.3) is 0 Å². The Morgan fingerprint density at radius 3 is 2.24 bits per heavy atom. The number of nitrogens with one attached hydrogen (secondary N) is 1. The van der Waals surface area contributed by atoms with Crippen molar-refractivity contribution in [2.24, 2.45) is 16.5 Å². The van der Waals surface area contributed by atoms with Crippen molar-refractivity contribution in [3.05, 3.63) is 47.1 Å². The van der Waals surface area contributed by atoms with Crippen molar-refractivity contribution >= 4 is 27.5 Å². The van der Waals surface area contributed by atoms with Crippen molar-refractivity contribution in [1.29, 1.82) is 0 Å². The fraction of sp³-hybridized carbons (Fsp3) is 0.450. The number of nitrogens with zero attached hydrogens (tertiary/aromatic N) is 2. The largest absolute Gasteiger partial charge is 0.430 e. The molecule has 156 valence electrons. The van der Waals surface area contributed by atoms with Gasteiger partial charge in [0.05, 0.1) is 4.90 Å². The van der Waals surface area contributed by atoms with E-state index < -0.39 is 15.9 Å². The molecule has 3 rings (SSSR count). The van der Waals surface area contributed by atoms with Crippen molar-refractivity contribution in [3.63, 3.8) is 0 Å². The minimum atomic E-state index is -3.57. The molecule has 1 saturated heterocycles. The molecule has 2 aromatic rings. The van der Waals surface area contributed by atoms with Gasteiger partial charge in [0, 0.05) is 30.0 Å². The second-order valence-corrected chi connectivity index (χ2v) is 10.2. The first kappa shape index (κ1) is 21.2. The van der Waals surface area contributed by atoms with Crippen LogP contribution in [0, 0.1) is 16.2 Å². The van der Waals surface area contributed by atoms with Crippen molar-refractivity contribution in [2.75, 3.05) is 18.4 Å². The number of furan rings is 1. The van der Waals surface area contributed by atoms with Gasteiger partial charge in [-0.25, -0.2) is 8.42 Å². The third-order valence-corrected chi connectivity index (χ3v) is 7.25. The quantitative estimate of drug-likeness (QED) is 0.724. The van der Waals surface area contributed by atoms with Gasteiger partial charge in [0.1, 0.15) is 0 Å². The Hall–Kier alpha value is -2.52. The highest BCUT2D eigenvalue weighted by Gasteiger charge is 2.33. The zero-order valence-corrected chi connectivity index (χ0v) is 17.5. The lowest BCUT2D eigenvalue weighted by Gasteiger charge is -2.38. The number of rotatable bonds is 5. The summed E-state index contributed by atoms with van der Waals surface area (Å²) in [4.78, 5) is 22.7. The molecule has 1 aromatic heterocycles. The predicted octanol–water partition coefficient (Wildman–Crippen LogP) is 4.38. The second-order valence-electron chi connectivity index (χ2n) is 8.25. The Kier molecular flexibility index (Phi) is 5.90. The van der Waals surface area contributed by atoms with E-state index in [-0.39, 0.29) is 22.0 Å². The number of sulfonamides is 1. The van der Waals surface area contributed by atoms with Gasteiger partial charge < -0.3 is 9.73 Å². The highest BCUT2D eigenvalue weighted by atomic mass is 32.2. The van der Waals surface area contributed by atoms with Crippen LogP contribution >= 0.6 is 0 Å². The Morgan fingerprint density at radius 1 is 1.10 bits per heavy atom. The Balaban J connectivity index is 1.66. The third-order valence-electron chi connectivity index (χ3n) is 5.33. The van der Waals surface area contributed by atoms with E-state index in [1.807, 2.05) is 0 Å². The molecule has 0 bridgehead atoms. The molecule has 0 radical (unpaired) electrons. The van der Waals surface area contributed by atoms with Crippen LogP contribution in [0.5, 0.6) is 0 Å². The van der Waals surface area contributed by atoms with Crippen LogP contribution in [-0.4, -0.2) is 31.7 Å². The summed E-state index contributed by atoms with van der Waals surface area (Å²) in [5, 5.41) is 5.21. The molecule has 1 N–H and O–H groups in total. The van der Waals surface area contributed by atoms with Gasteiger partial charge in [0.2, 0.25) is 10.0 Å². The van der Waals surface area contributed by atoms with Gasteiger partial charge in [-0.3, -0.25) is 4.79 Å². The van der Waals surface area contributed by atoms with Crippen molar-refractivity contribution in [2.45, 2.75) is 38.5 Å². The molecule has 9 heteroatoms. The van der Waals surface area contributed by atoms with Crippen LogP contribution in [0.15, 0.2) is 50.9 Å². The molecule has 1 aromatic carbocycles. The average molecular weight is 420 g/mol. The van der Waals surface area contributed by atoms with E-state index in [1.165, 1.54) is 40.7 Å². The average Bonchev–Trinajstić information content (AvgIpc) is 3.17. The third kappa shape index (κ3) is 4.73. The van der Waals surface area contributed by atoms with Crippen LogP contribution in [0.3, 0.4) is 0 Å². The molecule has 29 heavy (non-hydrogen) atoms. The number of hydrogen-bond acceptors (Lipinski definition) is 6. The summed E-state index contributed by atoms with van der Waals surface area (Å²) in [6, 6.07) is 8.62. The smallest absolute Gasteiger partial charge is 0.291 e. The van der Waals surface area contributed by atoms with Gasteiger partial charge in [0.25, 0.3) is 11.8 Å². The van der Waals surface area contributed by atoms with E-state index in [4.69, 9.17) is 4.42 Å². The highest BCUT2D eigenvalue weighted by molar-refractivity contribution is 7.89. The molecule has 1 fully saturated rings. The lowest BCUT2D eigenvalue weighted by atomic mass is 9.76. The number of carbonyl (C=O) groups excluding carboxylic acids is 1. The van der Waals surface area contributed by atoms with Gasteiger partial charge in [-0.1, -0.05) is 20.8 Å². The predicted molar refractivity (Wildman–Crippen MR) is 109 cm³/mol. The summed E-state index contributed by atoms with van der Waals surface area (Å²) in [6.45, 7) is 7.58. The molecular weight excluding hydrogens is 394 g/mol. The first-order valence-electron chi connectivity index (χ1n) is 9.46. The molecule has 1 aliphatic heterocycles. The van der Waals surface area contributed by atoms with E-state index in [9.17, 15) is 18.1 Å². The number of amides is 1. The molecule has 2 heterocycles. The first-order chi connectivity index (χ1) is 13.6. The molecule has 1 aliphatic rings. The second kappa shape index (κ2) is 8.08. The number of benzene rings is 1. The van der Waals surface area contributed by atoms with Crippen LogP contribution < -0.4 is 5.32 Å². The zero-order chi connectivity index (χ0) is 21.2. The Labute approximate surface area is 170 Å². The summed E-state index contributed by atoms with van der Waals surface area (Å²) in [6.07, 6.45) is 1.69. The van der Waals surface area contributed by atoms with Crippen LogP contribution in [0.4, 0.5) is 11.6 Å². The number of anilines is 1. The van der Waals surface area contributed by atoms with E-state index >= 15 is 0 Å². The van der Waals surface area contributed by atoms with Crippen LogP contribution in [0.1, 0.15) is 44.2 Å². The van der Waals surface area contributed by atoms with Crippen molar-refractivity contribution in [1.82, 2.24) is 4.31 Å². The minimum absolute atomic E-state index is 0.0574. The number of carbonyl (C=O) groups is 1. The molecule has 0 aliphatic carbocycles. The molecule has 0 spiro atoms. The number of hydrogen-bond donors (Lipinski definition) is 1. The minimum Gasteiger partial charge on any atom is -0.430 e. The summed E-state index contributed by atoms with van der Waals surface area (Å²) >= 11 is 0. The Morgan fingerprint density at radius 2 is 1.72 bits per heavy atom. The van der Waals surface area contributed by atoms with Crippen molar-refractivity contribution < 1.29 is 17.6 Å². The maximum Gasteiger partial charge on any atom is 0.291 e. The normalized spacial score (nSPS) is 16.5. The van der Waals surface area contributed by atoms with E-state index in [1.54, 1.807) is 0 Å². The van der Waals surface area contributed by atoms with Crippen molar-refractivity contribution in [3.8, 4) is 0 Å². The van der Waals surface area contributed by atoms with Gasteiger partial charge in [-0.05, 0) is 54.5 Å².